The fraction of sp³-hybridized carbons (Fsp3) is 0.923. The van der Waals surface area contributed by atoms with E-state index >= 15 is 0 Å². The molecule has 94 valence electrons. The second kappa shape index (κ2) is 7.65. The van der Waals surface area contributed by atoms with Crippen molar-refractivity contribution in [1.82, 2.24) is 5.32 Å². The van der Waals surface area contributed by atoms with E-state index in [1.165, 1.54) is 6.42 Å². The molecule has 3 heteroatoms. The Hall–Kier alpha value is -0.590. The van der Waals surface area contributed by atoms with Crippen molar-refractivity contribution in [2.24, 2.45) is 5.92 Å². The lowest BCUT2D eigenvalue weighted by atomic mass is 9.97. The maximum Gasteiger partial charge on any atom is 0.106 e. The van der Waals surface area contributed by atoms with E-state index in [-0.39, 0.29) is 6.10 Å². The van der Waals surface area contributed by atoms with Crippen LogP contribution in [0.15, 0.2) is 0 Å². The molecule has 0 spiro atoms. The average molecular weight is 226 g/mol. The van der Waals surface area contributed by atoms with Crippen LogP contribution in [0.3, 0.4) is 0 Å². The zero-order valence-corrected chi connectivity index (χ0v) is 11.3. The molecule has 0 radical (unpaired) electrons. The van der Waals surface area contributed by atoms with Gasteiger partial charge in [-0.15, -0.1) is 0 Å². The summed E-state index contributed by atoms with van der Waals surface area (Å²) in [6, 6.07) is 2.28. The van der Waals surface area contributed by atoms with Crippen LogP contribution in [0.25, 0.3) is 0 Å². The summed E-state index contributed by atoms with van der Waals surface area (Å²) in [5.41, 5.74) is -0.475. The number of rotatable bonds is 8. The third-order valence-electron chi connectivity index (χ3n) is 2.82. The quantitative estimate of drug-likeness (QED) is 0.647. The molecule has 0 bridgehead atoms. The van der Waals surface area contributed by atoms with Crippen LogP contribution in [0, 0.1) is 17.2 Å². The molecule has 0 saturated carbocycles. The van der Waals surface area contributed by atoms with Gasteiger partial charge < -0.3 is 10.1 Å². The highest BCUT2D eigenvalue weighted by atomic mass is 16.5. The summed E-state index contributed by atoms with van der Waals surface area (Å²) in [5, 5.41) is 12.0. The van der Waals surface area contributed by atoms with Crippen LogP contribution in [0.5, 0.6) is 0 Å². The smallest absolute Gasteiger partial charge is 0.106 e. The van der Waals surface area contributed by atoms with Gasteiger partial charge in [0.15, 0.2) is 0 Å². The summed E-state index contributed by atoms with van der Waals surface area (Å²) >= 11 is 0. The Bertz CT molecular complexity index is 222. The van der Waals surface area contributed by atoms with Gasteiger partial charge in [0.05, 0.1) is 12.2 Å². The molecule has 0 heterocycles. The molecule has 0 aromatic carbocycles. The summed E-state index contributed by atoms with van der Waals surface area (Å²) in [4.78, 5) is 0. The van der Waals surface area contributed by atoms with Gasteiger partial charge >= 0.3 is 0 Å². The van der Waals surface area contributed by atoms with Crippen molar-refractivity contribution in [3.8, 4) is 6.07 Å². The minimum atomic E-state index is -0.475. The van der Waals surface area contributed by atoms with Gasteiger partial charge in [0.25, 0.3) is 0 Å². The van der Waals surface area contributed by atoms with Crippen LogP contribution in [0.4, 0.5) is 0 Å². The first-order chi connectivity index (χ1) is 7.43. The molecule has 0 fully saturated rings. The third-order valence-corrected chi connectivity index (χ3v) is 2.82. The van der Waals surface area contributed by atoms with Gasteiger partial charge in [-0.1, -0.05) is 13.8 Å². The molecule has 0 saturated heterocycles. The number of hydrogen-bond donors (Lipinski definition) is 1. The van der Waals surface area contributed by atoms with Crippen molar-refractivity contribution in [3.05, 3.63) is 0 Å². The topological polar surface area (TPSA) is 45.0 Å². The first-order valence-electron chi connectivity index (χ1n) is 6.15. The van der Waals surface area contributed by atoms with Gasteiger partial charge in [0, 0.05) is 13.0 Å². The van der Waals surface area contributed by atoms with Gasteiger partial charge in [0.1, 0.15) is 5.54 Å². The van der Waals surface area contributed by atoms with Gasteiger partial charge in [-0.25, -0.2) is 0 Å². The minimum absolute atomic E-state index is 0.129. The molecule has 2 unspecified atom stereocenters. The van der Waals surface area contributed by atoms with Gasteiger partial charge in [-0.3, -0.25) is 0 Å². The zero-order chi connectivity index (χ0) is 12.6. The monoisotopic (exact) mass is 226 g/mol. The fourth-order valence-electron chi connectivity index (χ4n) is 1.61. The van der Waals surface area contributed by atoms with E-state index in [9.17, 15) is 0 Å². The van der Waals surface area contributed by atoms with Crippen molar-refractivity contribution in [1.29, 1.82) is 5.26 Å². The first-order valence-corrected chi connectivity index (χ1v) is 6.15. The average Bonchev–Trinajstić information content (AvgIpc) is 2.24. The summed E-state index contributed by atoms with van der Waals surface area (Å²) in [6.45, 7) is 9.17. The Morgan fingerprint density at radius 3 is 2.44 bits per heavy atom. The maximum absolute atomic E-state index is 9.01. The molecule has 1 N–H and O–H groups in total. The van der Waals surface area contributed by atoms with Crippen LogP contribution in [-0.2, 0) is 4.74 Å². The first kappa shape index (κ1) is 15.4. The summed E-state index contributed by atoms with van der Waals surface area (Å²) in [6.07, 6.45) is 3.16. The normalized spacial score (nSPS) is 16.8. The lowest BCUT2D eigenvalue weighted by molar-refractivity contribution is 0.0449. The van der Waals surface area contributed by atoms with Crippen molar-refractivity contribution < 1.29 is 4.74 Å². The maximum atomic E-state index is 9.01. The Labute approximate surface area is 100 Å². The van der Waals surface area contributed by atoms with Crippen LogP contribution in [0.2, 0.25) is 0 Å². The summed E-state index contributed by atoms with van der Waals surface area (Å²) in [7, 11) is 1.81. The molecule has 0 aliphatic carbocycles. The van der Waals surface area contributed by atoms with Crippen LogP contribution < -0.4 is 5.32 Å². The number of nitrogens with zero attached hydrogens (tertiary/aromatic N) is 1. The highest BCUT2D eigenvalue weighted by molar-refractivity contribution is 5.03. The van der Waals surface area contributed by atoms with E-state index in [4.69, 9.17) is 10.00 Å². The van der Waals surface area contributed by atoms with Crippen molar-refractivity contribution in [3.63, 3.8) is 0 Å². The summed E-state index contributed by atoms with van der Waals surface area (Å²) < 4.78 is 5.70. The zero-order valence-electron chi connectivity index (χ0n) is 11.3. The molecular formula is C13H26N2O. The van der Waals surface area contributed by atoms with Gasteiger partial charge in [-0.2, -0.15) is 5.26 Å². The van der Waals surface area contributed by atoms with E-state index in [0.717, 1.165) is 25.4 Å². The Kier molecular flexibility index (Phi) is 7.36. The Morgan fingerprint density at radius 2 is 2.00 bits per heavy atom. The SMILES string of the molecule is CNC(C)(C#N)CC(C)OCCCC(C)C. The largest absolute Gasteiger partial charge is 0.378 e. The van der Waals surface area contributed by atoms with Gasteiger partial charge in [0.2, 0.25) is 0 Å². The molecule has 16 heavy (non-hydrogen) atoms. The summed E-state index contributed by atoms with van der Waals surface area (Å²) in [5.74, 6) is 0.737. The Morgan fingerprint density at radius 1 is 1.38 bits per heavy atom. The Balaban J connectivity index is 3.74. The number of ether oxygens (including phenoxy) is 1. The van der Waals surface area contributed by atoms with Crippen molar-refractivity contribution >= 4 is 0 Å². The van der Waals surface area contributed by atoms with E-state index in [0.29, 0.717) is 0 Å². The fourth-order valence-corrected chi connectivity index (χ4v) is 1.61. The van der Waals surface area contributed by atoms with Crippen LogP contribution >= 0.6 is 0 Å². The van der Waals surface area contributed by atoms with Crippen LogP contribution in [0.1, 0.15) is 47.0 Å². The van der Waals surface area contributed by atoms with Crippen LogP contribution in [-0.4, -0.2) is 25.3 Å². The molecule has 0 aliphatic rings. The molecule has 0 rings (SSSR count). The van der Waals surface area contributed by atoms with Crippen molar-refractivity contribution in [2.75, 3.05) is 13.7 Å². The molecule has 0 aliphatic heterocycles. The van der Waals surface area contributed by atoms with E-state index in [1.54, 1.807) is 0 Å². The molecule has 2 atom stereocenters. The minimum Gasteiger partial charge on any atom is -0.378 e. The lowest BCUT2D eigenvalue weighted by Gasteiger charge is -2.24. The lowest BCUT2D eigenvalue weighted by Crippen LogP contribution is -2.41. The van der Waals surface area contributed by atoms with Gasteiger partial charge in [-0.05, 0) is 39.7 Å². The second-order valence-corrected chi connectivity index (χ2v) is 5.12. The molecule has 0 amide bonds. The van der Waals surface area contributed by atoms with Crippen molar-refractivity contribution in [2.45, 2.75) is 58.6 Å². The van der Waals surface area contributed by atoms with E-state index in [1.807, 2.05) is 20.9 Å². The van der Waals surface area contributed by atoms with E-state index in [2.05, 4.69) is 25.2 Å². The third kappa shape index (κ3) is 6.81. The number of nitrogens with one attached hydrogen (secondary N) is 1. The standard InChI is InChI=1S/C13H26N2O/c1-11(2)7-6-8-16-12(3)9-13(4,10-14)15-5/h11-12,15H,6-9H2,1-5H3. The molecular weight excluding hydrogens is 200 g/mol. The number of nitriles is 1. The predicted molar refractivity (Wildman–Crippen MR) is 67.2 cm³/mol. The predicted octanol–water partition coefficient (Wildman–Crippen LogP) is 2.72. The molecule has 0 aromatic heterocycles. The highest BCUT2D eigenvalue weighted by Crippen LogP contribution is 2.13. The second-order valence-electron chi connectivity index (χ2n) is 5.12. The molecule has 0 aromatic rings. The number of hydrogen-bond acceptors (Lipinski definition) is 3. The van der Waals surface area contributed by atoms with E-state index < -0.39 is 5.54 Å². The highest BCUT2D eigenvalue weighted by Gasteiger charge is 2.24. The molecule has 3 nitrogen and oxygen atoms in total.